The molecule has 1 saturated heterocycles. The number of alkyl halides is 3. The van der Waals surface area contributed by atoms with E-state index in [-0.39, 0.29) is 6.03 Å². The molecule has 37 heavy (non-hydrogen) atoms. The van der Waals surface area contributed by atoms with Crippen LogP contribution in [0.4, 0.5) is 35.2 Å². The Kier molecular flexibility index (Phi) is 7.25. The van der Waals surface area contributed by atoms with Crippen LogP contribution < -0.4 is 20.4 Å². The fraction of sp³-hybridized carbons (Fsp3) is 0.417. The molecule has 2 aliphatic heterocycles. The smallest absolute Gasteiger partial charge is 0.475 e. The monoisotopic (exact) mass is 519 g/mol. The number of urea groups is 1. The van der Waals surface area contributed by atoms with Gasteiger partial charge in [-0.05, 0) is 44.0 Å². The Morgan fingerprint density at radius 1 is 1.24 bits per heavy atom. The Bertz CT molecular complexity index is 1320. The Hall–Kier alpha value is -3.87. The van der Waals surface area contributed by atoms with Crippen LogP contribution >= 0.6 is 0 Å². The average molecular weight is 520 g/mol. The van der Waals surface area contributed by atoms with Crippen LogP contribution in [0.5, 0.6) is 0 Å². The van der Waals surface area contributed by atoms with E-state index in [0.29, 0.717) is 12.6 Å². The lowest BCUT2D eigenvalue weighted by molar-refractivity contribution is -0.192. The highest BCUT2D eigenvalue weighted by Crippen LogP contribution is 2.35. The van der Waals surface area contributed by atoms with E-state index in [1.165, 1.54) is 11.3 Å². The summed E-state index contributed by atoms with van der Waals surface area (Å²) >= 11 is 0. The molecule has 0 radical (unpaired) electrons. The van der Waals surface area contributed by atoms with Crippen molar-refractivity contribution >= 4 is 40.1 Å². The highest BCUT2D eigenvalue weighted by atomic mass is 19.4. The van der Waals surface area contributed by atoms with Gasteiger partial charge in [0.1, 0.15) is 5.82 Å². The summed E-state index contributed by atoms with van der Waals surface area (Å²) in [7, 11) is 1.90. The molecule has 1 fully saturated rings. The fourth-order valence-electron chi connectivity index (χ4n) is 4.54. The molecule has 3 N–H and O–H groups in total. The third kappa shape index (κ3) is 5.77. The summed E-state index contributed by atoms with van der Waals surface area (Å²) in [5, 5.41) is 19.1. The number of anilines is 3. The van der Waals surface area contributed by atoms with Crippen LogP contribution in [-0.4, -0.2) is 70.3 Å². The molecule has 2 aliphatic rings. The number of carboxylic acids is 1. The number of hydrogen-bond acceptors (Lipinski definition) is 6. The van der Waals surface area contributed by atoms with Crippen LogP contribution in [0.1, 0.15) is 18.1 Å². The molecule has 1 aromatic carbocycles. The maximum absolute atomic E-state index is 13.1. The van der Waals surface area contributed by atoms with Gasteiger partial charge in [-0.1, -0.05) is 0 Å². The number of carbonyl (C=O) groups excluding carboxylic acids is 1. The number of piperazine rings is 1. The van der Waals surface area contributed by atoms with Crippen molar-refractivity contribution in [1.82, 2.24) is 20.1 Å². The zero-order valence-corrected chi connectivity index (χ0v) is 20.6. The van der Waals surface area contributed by atoms with Crippen LogP contribution in [0, 0.1) is 6.92 Å². The molecule has 0 saturated carbocycles. The van der Waals surface area contributed by atoms with Crippen molar-refractivity contribution in [2.45, 2.75) is 32.5 Å². The zero-order chi connectivity index (χ0) is 26.9. The molecular weight excluding hydrogens is 491 g/mol. The number of amides is 2. The van der Waals surface area contributed by atoms with Crippen molar-refractivity contribution < 1.29 is 27.9 Å². The zero-order valence-electron chi connectivity index (χ0n) is 20.6. The maximum atomic E-state index is 13.1. The minimum absolute atomic E-state index is 0.140. The third-order valence-corrected chi connectivity index (χ3v) is 6.25. The Labute approximate surface area is 211 Å². The van der Waals surface area contributed by atoms with Gasteiger partial charge in [0.05, 0.1) is 5.52 Å². The maximum Gasteiger partial charge on any atom is 0.490 e. The number of benzene rings is 1. The van der Waals surface area contributed by atoms with Gasteiger partial charge in [0.15, 0.2) is 0 Å². The van der Waals surface area contributed by atoms with E-state index < -0.39 is 12.1 Å². The van der Waals surface area contributed by atoms with Gasteiger partial charge in [0.2, 0.25) is 0 Å². The van der Waals surface area contributed by atoms with Crippen LogP contribution in [0.25, 0.3) is 10.9 Å². The molecule has 0 spiro atoms. The molecule has 3 aromatic rings. The van der Waals surface area contributed by atoms with E-state index in [2.05, 4.69) is 38.6 Å². The van der Waals surface area contributed by atoms with Gasteiger partial charge in [0, 0.05) is 74.0 Å². The van der Waals surface area contributed by atoms with E-state index in [1.54, 1.807) is 9.58 Å². The Morgan fingerprint density at radius 3 is 2.65 bits per heavy atom. The Morgan fingerprint density at radius 2 is 1.97 bits per heavy atom. The highest BCUT2D eigenvalue weighted by molar-refractivity contribution is 6.04. The molecule has 2 amide bonds. The predicted octanol–water partition coefficient (Wildman–Crippen LogP) is 3.30. The molecule has 2 aromatic heterocycles. The van der Waals surface area contributed by atoms with Crippen LogP contribution in [0.3, 0.4) is 0 Å². The van der Waals surface area contributed by atoms with E-state index >= 15 is 0 Å². The summed E-state index contributed by atoms with van der Waals surface area (Å²) in [6, 6.07) is 6.38. The van der Waals surface area contributed by atoms with E-state index in [0.717, 1.165) is 54.0 Å². The van der Waals surface area contributed by atoms with Crippen molar-refractivity contribution in [1.29, 1.82) is 0 Å². The standard InChI is InChI=1S/C22H27N7O.C2HF3O2/c1-14-10-19-16(13-27(3)26-19)11-18(14)25-22(30)29-8-5-17-20(4-6-24-21(17)29)28-9-7-23-15(2)12-28;3-2(4,5)1(6)7/h4,6,10-11,13,15,23H,5,7-9,12H2,1-3H3,(H,25,30);(H,6,7)/t15-;/m1./s1. The number of pyridine rings is 1. The first-order chi connectivity index (χ1) is 17.4. The number of nitrogens with zero attached hydrogens (tertiary/aromatic N) is 5. The topological polar surface area (TPSA) is 116 Å². The number of aromatic nitrogens is 3. The number of nitrogens with one attached hydrogen (secondary N) is 2. The number of carboxylic acid groups (broad SMARTS) is 1. The van der Waals surface area contributed by atoms with Gasteiger partial charge < -0.3 is 20.6 Å². The summed E-state index contributed by atoms with van der Waals surface area (Å²) < 4.78 is 33.5. The average Bonchev–Trinajstić information content (AvgIpc) is 3.41. The van der Waals surface area contributed by atoms with Crippen molar-refractivity contribution in [2.75, 3.05) is 41.3 Å². The molecule has 0 aliphatic carbocycles. The van der Waals surface area contributed by atoms with Gasteiger partial charge in [-0.2, -0.15) is 18.3 Å². The summed E-state index contributed by atoms with van der Waals surface area (Å²) in [5.41, 5.74) is 5.10. The van der Waals surface area contributed by atoms with Gasteiger partial charge >= 0.3 is 18.2 Å². The molecule has 5 rings (SSSR count). The van der Waals surface area contributed by atoms with Crippen LogP contribution in [-0.2, 0) is 18.3 Å². The summed E-state index contributed by atoms with van der Waals surface area (Å²) in [6.07, 6.45) is -0.484. The Balaban J connectivity index is 0.000000405. The molecule has 1 atom stereocenters. The van der Waals surface area contributed by atoms with Gasteiger partial charge in [-0.3, -0.25) is 9.58 Å². The number of aryl methyl sites for hydroxylation is 2. The number of fused-ring (bicyclic) bond motifs is 2. The SMILES string of the molecule is Cc1cc2nn(C)cc2cc1NC(=O)N1CCc2c(N3CCN[C@H](C)C3)ccnc21.O=C(O)C(F)(F)F. The first kappa shape index (κ1) is 26.2. The number of halogens is 3. The van der Waals surface area contributed by atoms with Crippen LogP contribution in [0.15, 0.2) is 30.6 Å². The molecule has 10 nitrogen and oxygen atoms in total. The molecule has 0 bridgehead atoms. The molecular formula is C24H28F3N7O3. The minimum atomic E-state index is -5.08. The largest absolute Gasteiger partial charge is 0.490 e. The molecule has 198 valence electrons. The number of carbonyl (C=O) groups is 2. The summed E-state index contributed by atoms with van der Waals surface area (Å²) in [5.74, 6) is -1.98. The van der Waals surface area contributed by atoms with Crippen molar-refractivity contribution in [3.05, 3.63) is 41.7 Å². The third-order valence-electron chi connectivity index (χ3n) is 6.25. The van der Waals surface area contributed by atoms with Crippen molar-refractivity contribution in [3.8, 4) is 0 Å². The summed E-state index contributed by atoms with van der Waals surface area (Å²) in [4.78, 5) is 30.8. The van der Waals surface area contributed by atoms with Crippen molar-refractivity contribution in [2.24, 2.45) is 7.05 Å². The lowest BCUT2D eigenvalue weighted by Crippen LogP contribution is -2.49. The van der Waals surface area contributed by atoms with Gasteiger partial charge in [-0.25, -0.2) is 14.6 Å². The minimum Gasteiger partial charge on any atom is -0.475 e. The predicted molar refractivity (Wildman–Crippen MR) is 133 cm³/mol. The van der Waals surface area contributed by atoms with E-state index in [4.69, 9.17) is 9.90 Å². The highest BCUT2D eigenvalue weighted by Gasteiger charge is 2.38. The fourth-order valence-corrected chi connectivity index (χ4v) is 4.54. The normalized spacial score (nSPS) is 17.3. The lowest BCUT2D eigenvalue weighted by Gasteiger charge is -2.34. The summed E-state index contributed by atoms with van der Waals surface area (Å²) in [6.45, 7) is 7.74. The second kappa shape index (κ2) is 10.2. The second-order valence-corrected chi connectivity index (χ2v) is 9.10. The molecule has 4 heterocycles. The van der Waals surface area contributed by atoms with Gasteiger partial charge in [0.25, 0.3) is 0 Å². The van der Waals surface area contributed by atoms with Crippen molar-refractivity contribution in [3.63, 3.8) is 0 Å². The van der Waals surface area contributed by atoms with Crippen LogP contribution in [0.2, 0.25) is 0 Å². The van der Waals surface area contributed by atoms with Gasteiger partial charge in [-0.15, -0.1) is 0 Å². The number of rotatable bonds is 2. The molecule has 13 heteroatoms. The van der Waals surface area contributed by atoms with E-state index in [9.17, 15) is 18.0 Å². The molecule has 0 unspecified atom stereocenters. The number of aliphatic carboxylic acids is 1. The van der Waals surface area contributed by atoms with E-state index in [1.807, 2.05) is 38.5 Å². The number of hydrogen-bond donors (Lipinski definition) is 3. The second-order valence-electron chi connectivity index (χ2n) is 9.10. The first-order valence-corrected chi connectivity index (χ1v) is 11.7. The quantitative estimate of drug-likeness (QED) is 0.476. The first-order valence-electron chi connectivity index (χ1n) is 11.7. The lowest BCUT2D eigenvalue weighted by atomic mass is 10.1.